The van der Waals surface area contributed by atoms with Crippen LogP contribution in [-0.2, 0) is 33.8 Å². The van der Waals surface area contributed by atoms with Crippen molar-refractivity contribution in [2.75, 3.05) is 26.4 Å². The van der Waals surface area contributed by atoms with Gasteiger partial charge in [-0.15, -0.1) is 0 Å². The standard InChI is InChI=1S/C36H50F5NO6SSi/c1-22(43)46-33-31-27(26(21-35(33,5)6)48-50(7,8)34(2,3)4)29-28(30(42-31)23-13-17-44-18-14-23)32(47-36(29)15-19-45-20-16-36)24-9-11-25(12-10-24)49(37,38,39,40)41/h9-12,23,26,32-33H,13-21H2,1-8H3/t26-,32+,33-/m0/s1. The fraction of sp³-hybridized carbons (Fsp3) is 0.667. The molecular formula is C36H50F5NO6SSi. The molecule has 0 radical (unpaired) electrons. The van der Waals surface area contributed by atoms with Gasteiger partial charge in [-0.05, 0) is 60.7 Å². The Bertz CT molecular complexity index is 1650. The molecule has 7 nitrogen and oxygen atoms in total. The van der Waals surface area contributed by atoms with E-state index in [1.165, 1.54) is 6.92 Å². The summed E-state index contributed by atoms with van der Waals surface area (Å²) in [5.41, 5.74) is 2.57. The van der Waals surface area contributed by atoms with Crippen molar-refractivity contribution in [3.63, 3.8) is 0 Å². The van der Waals surface area contributed by atoms with E-state index in [1.54, 1.807) is 0 Å². The van der Waals surface area contributed by atoms with E-state index >= 15 is 0 Å². The Morgan fingerprint density at radius 1 is 0.920 bits per heavy atom. The van der Waals surface area contributed by atoms with E-state index < -0.39 is 58.7 Å². The Kier molecular flexibility index (Phi) is 8.81. The monoisotopic (exact) mass is 747 g/mol. The van der Waals surface area contributed by atoms with Crippen LogP contribution < -0.4 is 0 Å². The first-order valence-corrected chi connectivity index (χ1v) is 22.3. The summed E-state index contributed by atoms with van der Waals surface area (Å²) in [6.07, 6.45) is 0.690. The lowest BCUT2D eigenvalue weighted by Crippen LogP contribution is -2.46. The Balaban J connectivity index is 1.67. The molecule has 0 unspecified atom stereocenters. The molecule has 6 rings (SSSR count). The van der Waals surface area contributed by atoms with Crippen molar-refractivity contribution in [2.45, 2.75) is 127 Å². The lowest BCUT2D eigenvalue weighted by atomic mass is 9.68. The third kappa shape index (κ3) is 6.89. The minimum Gasteiger partial charge on any atom is -0.455 e. The number of halogens is 5. The van der Waals surface area contributed by atoms with Crippen LogP contribution in [0.1, 0.15) is 132 Å². The maximum Gasteiger partial charge on any atom is 0.310 e. The minimum absolute atomic E-state index is 0.0874. The number of hydrogen-bond donors (Lipinski definition) is 0. The first-order valence-electron chi connectivity index (χ1n) is 17.4. The van der Waals surface area contributed by atoms with Crippen LogP contribution in [-0.4, -0.2) is 45.7 Å². The van der Waals surface area contributed by atoms with Gasteiger partial charge in [-0.1, -0.05) is 66.2 Å². The zero-order chi connectivity index (χ0) is 36.8. The normalized spacial score (nSPS) is 26.9. The number of esters is 1. The van der Waals surface area contributed by atoms with Gasteiger partial charge < -0.3 is 23.4 Å². The highest BCUT2D eigenvalue weighted by Gasteiger charge is 2.65. The summed E-state index contributed by atoms with van der Waals surface area (Å²) in [6, 6.07) is 3.11. The van der Waals surface area contributed by atoms with E-state index in [4.69, 9.17) is 28.4 Å². The highest BCUT2D eigenvalue weighted by atomic mass is 32.5. The molecule has 2 saturated heterocycles. The van der Waals surface area contributed by atoms with Gasteiger partial charge in [0.05, 0.1) is 23.1 Å². The predicted molar refractivity (Wildman–Crippen MR) is 183 cm³/mol. The third-order valence-electron chi connectivity index (χ3n) is 11.4. The van der Waals surface area contributed by atoms with E-state index in [2.05, 4.69) is 47.7 Å². The fourth-order valence-electron chi connectivity index (χ4n) is 7.83. The Hall–Kier alpha value is -2.10. The number of carbonyl (C=O) groups is 1. The highest BCUT2D eigenvalue weighted by molar-refractivity contribution is 8.45. The van der Waals surface area contributed by atoms with Crippen LogP contribution in [0.4, 0.5) is 19.4 Å². The van der Waals surface area contributed by atoms with E-state index in [0.29, 0.717) is 87.6 Å². The van der Waals surface area contributed by atoms with Crippen molar-refractivity contribution in [3.05, 3.63) is 57.9 Å². The molecule has 1 aromatic carbocycles. The van der Waals surface area contributed by atoms with Gasteiger partial charge in [-0.3, -0.25) is 9.78 Å². The molecule has 3 aliphatic heterocycles. The van der Waals surface area contributed by atoms with Gasteiger partial charge in [0, 0.05) is 68.7 Å². The van der Waals surface area contributed by atoms with Crippen LogP contribution >= 0.6 is 10.2 Å². The minimum atomic E-state index is -9.91. The largest absolute Gasteiger partial charge is 0.455 e. The molecule has 2 fully saturated rings. The van der Waals surface area contributed by atoms with Gasteiger partial charge in [0.1, 0.15) is 17.1 Å². The van der Waals surface area contributed by atoms with Crippen LogP contribution in [0.15, 0.2) is 29.2 Å². The molecule has 14 heteroatoms. The van der Waals surface area contributed by atoms with Gasteiger partial charge in [0.15, 0.2) is 8.32 Å². The molecule has 1 aromatic heterocycles. The quantitative estimate of drug-likeness (QED) is 0.165. The lowest BCUT2D eigenvalue weighted by molar-refractivity contribution is -0.156. The average molecular weight is 748 g/mol. The van der Waals surface area contributed by atoms with Gasteiger partial charge in [0.25, 0.3) is 0 Å². The summed E-state index contributed by atoms with van der Waals surface area (Å²) < 4.78 is 101. The van der Waals surface area contributed by atoms with Gasteiger partial charge in [0.2, 0.25) is 0 Å². The summed E-state index contributed by atoms with van der Waals surface area (Å²) in [6.45, 7) is 18.1. The second-order valence-corrected chi connectivity index (χ2v) is 23.8. The SMILES string of the molecule is CC(=O)O[C@H]1c2nc(C3CCOCC3)c3c(c2[C@@H](O[Si](C)(C)C(C)(C)C)CC1(C)C)C1(CCOCC1)O[C@@H]3c1ccc(S(F)(F)(F)(F)F)cc1. The molecule has 0 amide bonds. The lowest BCUT2D eigenvalue weighted by Gasteiger charge is -2.48. The van der Waals surface area contributed by atoms with Crippen molar-refractivity contribution in [1.29, 1.82) is 0 Å². The number of benzene rings is 1. The van der Waals surface area contributed by atoms with Crippen molar-refractivity contribution in [2.24, 2.45) is 5.41 Å². The predicted octanol–water partition coefficient (Wildman–Crippen LogP) is 10.9. The summed E-state index contributed by atoms with van der Waals surface area (Å²) in [7, 11) is -12.3. The van der Waals surface area contributed by atoms with Gasteiger partial charge >= 0.3 is 16.2 Å². The average Bonchev–Trinajstić information content (AvgIpc) is 3.31. The topological polar surface area (TPSA) is 76.1 Å². The number of hydrogen-bond acceptors (Lipinski definition) is 7. The van der Waals surface area contributed by atoms with Gasteiger partial charge in [-0.2, -0.15) is 0 Å². The smallest absolute Gasteiger partial charge is 0.310 e. The van der Waals surface area contributed by atoms with Crippen molar-refractivity contribution in [1.82, 2.24) is 4.98 Å². The van der Waals surface area contributed by atoms with Crippen LogP contribution in [0.5, 0.6) is 0 Å². The van der Waals surface area contributed by atoms with Crippen molar-refractivity contribution in [3.8, 4) is 0 Å². The van der Waals surface area contributed by atoms with Crippen molar-refractivity contribution >= 4 is 24.5 Å². The molecule has 4 aliphatic rings. The molecule has 0 N–H and O–H groups in total. The van der Waals surface area contributed by atoms with Crippen LogP contribution in [0.2, 0.25) is 18.1 Å². The Morgan fingerprint density at radius 2 is 1.50 bits per heavy atom. The zero-order valence-corrected chi connectivity index (χ0v) is 32.0. The first-order chi connectivity index (χ1) is 22.8. The number of carbonyl (C=O) groups excluding carboxylic acids is 1. The summed E-state index contributed by atoms with van der Waals surface area (Å²) in [4.78, 5) is 16.1. The molecule has 1 aliphatic carbocycles. The third-order valence-corrected chi connectivity index (χ3v) is 17.1. The summed E-state index contributed by atoms with van der Waals surface area (Å²) in [5, 5.41) is -0.136. The van der Waals surface area contributed by atoms with Crippen LogP contribution in [0, 0.1) is 5.41 Å². The molecule has 50 heavy (non-hydrogen) atoms. The second-order valence-electron chi connectivity index (χ2n) is 16.7. The van der Waals surface area contributed by atoms with Crippen molar-refractivity contribution < 1.29 is 47.6 Å². The van der Waals surface area contributed by atoms with Crippen LogP contribution in [0.25, 0.3) is 0 Å². The molecule has 2 aromatic rings. The Labute approximate surface area is 292 Å². The molecule has 1 spiro atoms. The second kappa shape index (κ2) is 11.7. The van der Waals surface area contributed by atoms with E-state index in [-0.39, 0.29) is 11.0 Å². The van der Waals surface area contributed by atoms with E-state index in [9.17, 15) is 24.2 Å². The number of ether oxygens (including phenoxy) is 4. The maximum absolute atomic E-state index is 13.8. The number of fused-ring (bicyclic) bond motifs is 4. The zero-order valence-electron chi connectivity index (χ0n) is 30.2. The molecule has 0 bridgehead atoms. The Morgan fingerprint density at radius 3 is 2.04 bits per heavy atom. The number of nitrogens with zero attached hydrogens (tertiary/aromatic N) is 1. The maximum atomic E-state index is 13.8. The number of pyridine rings is 1. The van der Waals surface area contributed by atoms with Crippen LogP contribution in [0.3, 0.4) is 0 Å². The summed E-state index contributed by atoms with van der Waals surface area (Å²) >= 11 is 0. The molecular weight excluding hydrogens is 698 g/mol. The molecule has 4 heterocycles. The molecule has 280 valence electrons. The molecule has 0 saturated carbocycles. The highest BCUT2D eigenvalue weighted by Crippen LogP contribution is 3.02. The molecule has 3 atom stereocenters. The summed E-state index contributed by atoms with van der Waals surface area (Å²) in [5.74, 6) is -0.526. The van der Waals surface area contributed by atoms with E-state index in [0.717, 1.165) is 28.8 Å². The number of rotatable bonds is 6. The van der Waals surface area contributed by atoms with Gasteiger partial charge in [-0.25, -0.2) is 0 Å². The van der Waals surface area contributed by atoms with E-state index in [1.807, 2.05) is 0 Å². The fourth-order valence-corrected chi connectivity index (χ4v) is 9.75. The first kappa shape index (κ1) is 37.6. The number of aromatic nitrogens is 1.